The number of fused-ring (bicyclic) bond motifs is 9. The molecule has 0 bridgehead atoms. The van der Waals surface area contributed by atoms with E-state index in [1.807, 2.05) is 17.4 Å². The Kier molecular flexibility index (Phi) is 5.78. The van der Waals surface area contributed by atoms with Crippen molar-refractivity contribution in [2.24, 2.45) is 0 Å². The van der Waals surface area contributed by atoms with Gasteiger partial charge in [0.15, 0.2) is 0 Å². The van der Waals surface area contributed by atoms with Gasteiger partial charge in [-0.1, -0.05) is 127 Å². The van der Waals surface area contributed by atoms with E-state index in [9.17, 15) is 0 Å². The topological polar surface area (TPSA) is 16.4 Å². The van der Waals surface area contributed by atoms with Gasteiger partial charge in [-0.2, -0.15) is 0 Å². The summed E-state index contributed by atoms with van der Waals surface area (Å²) in [5.41, 5.74) is 7.54. The molecular formula is C44H27NOS. The van der Waals surface area contributed by atoms with E-state index >= 15 is 0 Å². The molecule has 0 saturated carbocycles. The Bertz CT molecular complexity index is 2810. The van der Waals surface area contributed by atoms with Gasteiger partial charge >= 0.3 is 0 Å². The lowest BCUT2D eigenvalue weighted by Crippen LogP contribution is -2.12. The summed E-state index contributed by atoms with van der Waals surface area (Å²) in [5, 5.41) is 9.72. The van der Waals surface area contributed by atoms with Gasteiger partial charge < -0.3 is 9.32 Å². The number of furan rings is 1. The first-order valence-electron chi connectivity index (χ1n) is 15.9. The van der Waals surface area contributed by atoms with Gasteiger partial charge in [0.2, 0.25) is 0 Å². The van der Waals surface area contributed by atoms with Crippen LogP contribution in [0.1, 0.15) is 0 Å². The molecule has 0 N–H and O–H groups in total. The van der Waals surface area contributed by atoms with E-state index in [-0.39, 0.29) is 0 Å². The summed E-state index contributed by atoms with van der Waals surface area (Å²) < 4.78 is 9.04. The maximum absolute atomic E-state index is 6.50. The van der Waals surface area contributed by atoms with Crippen LogP contribution in [0, 0.1) is 0 Å². The summed E-state index contributed by atoms with van der Waals surface area (Å²) in [4.78, 5) is 2.49. The van der Waals surface area contributed by atoms with Crippen molar-refractivity contribution in [1.29, 1.82) is 0 Å². The fraction of sp³-hybridized carbons (Fsp3) is 0. The fourth-order valence-corrected chi connectivity index (χ4v) is 8.61. The van der Waals surface area contributed by atoms with Gasteiger partial charge in [-0.3, -0.25) is 0 Å². The van der Waals surface area contributed by atoms with Crippen LogP contribution < -0.4 is 4.90 Å². The molecule has 0 saturated heterocycles. The Hall–Kier alpha value is -5.90. The first-order chi connectivity index (χ1) is 23.3. The van der Waals surface area contributed by atoms with Gasteiger partial charge in [-0.15, -0.1) is 11.3 Å². The quantitative estimate of drug-likeness (QED) is 0.183. The van der Waals surface area contributed by atoms with Gasteiger partial charge in [0.1, 0.15) is 11.2 Å². The van der Waals surface area contributed by atoms with Crippen LogP contribution in [-0.2, 0) is 0 Å². The van der Waals surface area contributed by atoms with Crippen LogP contribution in [0.3, 0.4) is 0 Å². The number of thiophene rings is 1. The summed E-state index contributed by atoms with van der Waals surface area (Å²) in [7, 11) is 0. The van der Waals surface area contributed by atoms with Crippen LogP contribution >= 0.6 is 11.3 Å². The van der Waals surface area contributed by atoms with Crippen LogP contribution in [0.25, 0.3) is 74.8 Å². The van der Waals surface area contributed by atoms with Crippen LogP contribution in [0.15, 0.2) is 168 Å². The van der Waals surface area contributed by atoms with Gasteiger partial charge in [-0.25, -0.2) is 0 Å². The predicted octanol–water partition coefficient (Wildman–Crippen LogP) is 13.4. The van der Waals surface area contributed by atoms with E-state index in [4.69, 9.17) is 4.42 Å². The number of nitrogens with zero attached hydrogens (tertiary/aromatic N) is 1. The lowest BCUT2D eigenvalue weighted by atomic mass is 9.90. The highest BCUT2D eigenvalue weighted by Crippen LogP contribution is 2.52. The van der Waals surface area contributed by atoms with E-state index < -0.39 is 0 Å². The summed E-state index contributed by atoms with van der Waals surface area (Å²) in [6.45, 7) is 0. The minimum atomic E-state index is 0.878. The van der Waals surface area contributed by atoms with Crippen molar-refractivity contribution in [3.8, 4) is 11.1 Å². The maximum Gasteiger partial charge on any atom is 0.137 e. The highest BCUT2D eigenvalue weighted by Gasteiger charge is 2.26. The highest BCUT2D eigenvalue weighted by molar-refractivity contribution is 7.26. The molecule has 0 fully saturated rings. The van der Waals surface area contributed by atoms with E-state index in [0.29, 0.717) is 0 Å². The second-order valence-corrected chi connectivity index (χ2v) is 13.1. The SMILES string of the molecule is c1ccc(-c2c(N(c3ccc4c(c3)oc3ccccc34)c3cccc4c3sc3ccccc34)c3ccccc3c3ccccc23)cc1. The highest BCUT2D eigenvalue weighted by atomic mass is 32.1. The van der Waals surface area contributed by atoms with Gasteiger partial charge in [0, 0.05) is 48.9 Å². The predicted molar refractivity (Wildman–Crippen MR) is 202 cm³/mol. The largest absolute Gasteiger partial charge is 0.456 e. The monoisotopic (exact) mass is 617 g/mol. The van der Waals surface area contributed by atoms with Crippen molar-refractivity contribution >= 4 is 92.1 Å². The molecule has 8 aromatic carbocycles. The van der Waals surface area contributed by atoms with E-state index in [0.717, 1.165) is 39.0 Å². The zero-order valence-corrected chi connectivity index (χ0v) is 26.2. The van der Waals surface area contributed by atoms with E-state index in [1.54, 1.807) is 0 Å². The Labute approximate surface area is 275 Å². The van der Waals surface area contributed by atoms with Crippen LogP contribution in [0.4, 0.5) is 17.1 Å². The van der Waals surface area contributed by atoms with Crippen molar-refractivity contribution in [2.45, 2.75) is 0 Å². The molecule has 0 unspecified atom stereocenters. The molecule has 0 radical (unpaired) electrons. The second-order valence-electron chi connectivity index (χ2n) is 12.0. The lowest BCUT2D eigenvalue weighted by Gasteiger charge is -2.31. The van der Waals surface area contributed by atoms with Crippen molar-refractivity contribution in [1.82, 2.24) is 0 Å². The molecule has 0 amide bonds. The molecule has 2 heterocycles. The number of hydrogen-bond donors (Lipinski definition) is 0. The molecule has 47 heavy (non-hydrogen) atoms. The number of hydrogen-bond acceptors (Lipinski definition) is 3. The van der Waals surface area contributed by atoms with E-state index in [1.165, 1.54) is 52.8 Å². The van der Waals surface area contributed by atoms with Crippen LogP contribution in [-0.4, -0.2) is 0 Å². The number of rotatable bonds is 4. The summed E-state index contributed by atoms with van der Waals surface area (Å²) in [6, 6.07) is 59.0. The first-order valence-corrected chi connectivity index (χ1v) is 16.8. The normalized spacial score (nSPS) is 11.8. The minimum Gasteiger partial charge on any atom is -0.456 e. The van der Waals surface area contributed by atoms with Gasteiger partial charge in [-0.05, 0) is 52.1 Å². The molecule has 0 aliphatic rings. The Balaban J connectivity index is 1.39. The molecule has 10 rings (SSSR count). The molecule has 2 nitrogen and oxygen atoms in total. The zero-order chi connectivity index (χ0) is 30.9. The molecule has 10 aromatic rings. The molecular weight excluding hydrogens is 591 g/mol. The third-order valence-electron chi connectivity index (χ3n) is 9.44. The lowest BCUT2D eigenvalue weighted by molar-refractivity contribution is 0.669. The molecule has 0 aliphatic heterocycles. The van der Waals surface area contributed by atoms with Crippen LogP contribution in [0.2, 0.25) is 0 Å². The van der Waals surface area contributed by atoms with Gasteiger partial charge in [0.25, 0.3) is 0 Å². The van der Waals surface area contributed by atoms with Crippen molar-refractivity contribution in [3.05, 3.63) is 164 Å². The number of para-hydroxylation sites is 1. The van der Waals surface area contributed by atoms with Crippen molar-refractivity contribution in [3.63, 3.8) is 0 Å². The average Bonchev–Trinajstić information content (AvgIpc) is 3.71. The Morgan fingerprint density at radius 2 is 1.04 bits per heavy atom. The molecule has 0 spiro atoms. The molecule has 3 heteroatoms. The number of anilines is 3. The van der Waals surface area contributed by atoms with E-state index in [2.05, 4.69) is 163 Å². The third-order valence-corrected chi connectivity index (χ3v) is 10.6. The van der Waals surface area contributed by atoms with Crippen LogP contribution in [0.5, 0.6) is 0 Å². The fourth-order valence-electron chi connectivity index (χ4n) is 7.40. The van der Waals surface area contributed by atoms with Gasteiger partial charge in [0.05, 0.1) is 16.1 Å². The smallest absolute Gasteiger partial charge is 0.137 e. The summed E-state index contributed by atoms with van der Waals surface area (Å²) >= 11 is 1.86. The maximum atomic E-state index is 6.50. The molecule has 0 atom stereocenters. The van der Waals surface area contributed by atoms with Crippen molar-refractivity contribution in [2.75, 3.05) is 4.90 Å². The standard InChI is InChI=1S/C44H27NOS/c1-2-13-28(14-3-1)42-35-19-6-4-15-30(35)31-16-5-7-20-36(31)43(42)45(29-25-26-33-32-17-8-10-23-39(32)46-40(33)27-29)38-22-12-21-37-34-18-9-11-24-41(34)47-44(37)38/h1-27H. The molecule has 2 aromatic heterocycles. The summed E-state index contributed by atoms with van der Waals surface area (Å²) in [5.74, 6) is 0. The minimum absolute atomic E-state index is 0.878. The summed E-state index contributed by atoms with van der Waals surface area (Å²) in [6.07, 6.45) is 0. The zero-order valence-electron chi connectivity index (χ0n) is 25.4. The average molecular weight is 618 g/mol. The Morgan fingerprint density at radius 3 is 1.87 bits per heavy atom. The second kappa shape index (κ2) is 10.3. The third kappa shape index (κ3) is 3.97. The Morgan fingerprint density at radius 1 is 0.426 bits per heavy atom. The molecule has 0 aliphatic carbocycles. The first kappa shape index (κ1) is 26.3. The number of benzene rings is 8. The van der Waals surface area contributed by atoms with Crippen molar-refractivity contribution < 1.29 is 4.42 Å². The molecule has 220 valence electrons.